The van der Waals surface area contributed by atoms with Crippen LogP contribution in [0.15, 0.2) is 0 Å². The Bertz CT molecular complexity index is 218. The Kier molecular flexibility index (Phi) is 3.78. The molecule has 2 atom stereocenters. The standard InChI is InChI=1S/C10H18ClNO2/c1-10(2)4-8(10)9(13)12-5-7(11)6-14-3/h7-8H,4-6H2,1-3H3,(H,12,13). The summed E-state index contributed by atoms with van der Waals surface area (Å²) >= 11 is 5.88. The number of halogens is 1. The largest absolute Gasteiger partial charge is 0.383 e. The van der Waals surface area contributed by atoms with E-state index in [0.29, 0.717) is 13.2 Å². The summed E-state index contributed by atoms with van der Waals surface area (Å²) < 4.78 is 4.87. The first-order valence-corrected chi connectivity index (χ1v) is 5.31. The van der Waals surface area contributed by atoms with Gasteiger partial charge in [-0.3, -0.25) is 4.79 Å². The summed E-state index contributed by atoms with van der Waals surface area (Å²) in [4.78, 5) is 11.5. The van der Waals surface area contributed by atoms with Crippen molar-refractivity contribution in [2.24, 2.45) is 11.3 Å². The molecule has 4 heteroatoms. The van der Waals surface area contributed by atoms with Crippen molar-refractivity contribution in [1.29, 1.82) is 0 Å². The van der Waals surface area contributed by atoms with Gasteiger partial charge in [0.2, 0.25) is 5.91 Å². The van der Waals surface area contributed by atoms with Gasteiger partial charge in [-0.2, -0.15) is 0 Å². The highest BCUT2D eigenvalue weighted by molar-refractivity contribution is 6.21. The molecule has 1 N–H and O–H groups in total. The van der Waals surface area contributed by atoms with Crippen LogP contribution in [0.25, 0.3) is 0 Å². The SMILES string of the molecule is COCC(Cl)CNC(=O)C1CC1(C)C. The molecule has 1 amide bonds. The number of rotatable bonds is 5. The highest BCUT2D eigenvalue weighted by Crippen LogP contribution is 2.51. The number of hydrogen-bond acceptors (Lipinski definition) is 2. The first-order valence-electron chi connectivity index (χ1n) is 4.88. The number of carbonyl (C=O) groups is 1. The van der Waals surface area contributed by atoms with Crippen LogP contribution in [-0.4, -0.2) is 31.5 Å². The van der Waals surface area contributed by atoms with Crippen LogP contribution in [0.1, 0.15) is 20.3 Å². The monoisotopic (exact) mass is 219 g/mol. The number of amides is 1. The van der Waals surface area contributed by atoms with Crippen molar-refractivity contribution in [1.82, 2.24) is 5.32 Å². The van der Waals surface area contributed by atoms with Crippen molar-refractivity contribution in [2.45, 2.75) is 25.6 Å². The van der Waals surface area contributed by atoms with Crippen LogP contribution < -0.4 is 5.32 Å². The van der Waals surface area contributed by atoms with Crippen LogP contribution in [0.4, 0.5) is 0 Å². The molecule has 1 aliphatic carbocycles. The highest BCUT2D eigenvalue weighted by atomic mass is 35.5. The maximum atomic E-state index is 11.5. The number of carbonyl (C=O) groups excluding carboxylic acids is 1. The van der Waals surface area contributed by atoms with Crippen LogP contribution in [0.2, 0.25) is 0 Å². The molecule has 1 aliphatic rings. The Morgan fingerprint density at radius 2 is 2.29 bits per heavy atom. The molecule has 1 fully saturated rings. The third-order valence-electron chi connectivity index (χ3n) is 2.68. The van der Waals surface area contributed by atoms with Gasteiger partial charge < -0.3 is 10.1 Å². The van der Waals surface area contributed by atoms with Gasteiger partial charge in [-0.15, -0.1) is 11.6 Å². The lowest BCUT2D eigenvalue weighted by atomic mass is 10.1. The van der Waals surface area contributed by atoms with Crippen molar-refractivity contribution < 1.29 is 9.53 Å². The van der Waals surface area contributed by atoms with E-state index < -0.39 is 0 Å². The van der Waals surface area contributed by atoms with Gasteiger partial charge in [0.1, 0.15) is 0 Å². The molecule has 82 valence electrons. The summed E-state index contributed by atoms with van der Waals surface area (Å²) in [5.74, 6) is 0.297. The van der Waals surface area contributed by atoms with Crippen LogP contribution in [-0.2, 0) is 9.53 Å². The average molecular weight is 220 g/mol. The molecule has 0 aromatic carbocycles. The third kappa shape index (κ3) is 3.14. The molecule has 0 heterocycles. The van der Waals surface area contributed by atoms with Crippen molar-refractivity contribution in [3.63, 3.8) is 0 Å². The summed E-state index contributed by atoms with van der Waals surface area (Å²) in [6.07, 6.45) is 0.982. The Labute approximate surface area is 90.1 Å². The lowest BCUT2D eigenvalue weighted by molar-refractivity contribution is -0.123. The lowest BCUT2D eigenvalue weighted by Gasteiger charge is -2.10. The number of ether oxygens (including phenoxy) is 1. The maximum Gasteiger partial charge on any atom is 0.223 e. The number of hydrogen-bond donors (Lipinski definition) is 1. The van der Waals surface area contributed by atoms with Gasteiger partial charge >= 0.3 is 0 Å². The molecule has 14 heavy (non-hydrogen) atoms. The molecule has 1 saturated carbocycles. The Balaban J connectivity index is 2.16. The normalized spacial score (nSPS) is 25.6. The van der Waals surface area contributed by atoms with E-state index in [2.05, 4.69) is 19.2 Å². The zero-order valence-corrected chi connectivity index (χ0v) is 9.73. The number of alkyl halides is 1. The van der Waals surface area contributed by atoms with Gasteiger partial charge in [-0.1, -0.05) is 13.8 Å². The van der Waals surface area contributed by atoms with E-state index in [4.69, 9.17) is 16.3 Å². The molecule has 1 rings (SSSR count). The average Bonchev–Trinajstić information content (AvgIpc) is 2.72. The predicted molar refractivity (Wildman–Crippen MR) is 56.4 cm³/mol. The van der Waals surface area contributed by atoms with E-state index >= 15 is 0 Å². The second kappa shape index (κ2) is 4.49. The van der Waals surface area contributed by atoms with Crippen LogP contribution >= 0.6 is 11.6 Å². The van der Waals surface area contributed by atoms with E-state index in [1.165, 1.54) is 0 Å². The van der Waals surface area contributed by atoms with Crippen LogP contribution in [0.3, 0.4) is 0 Å². The fourth-order valence-corrected chi connectivity index (χ4v) is 1.69. The molecule has 0 spiro atoms. The molecular weight excluding hydrogens is 202 g/mol. The minimum absolute atomic E-state index is 0.122. The molecule has 2 unspecified atom stereocenters. The Morgan fingerprint density at radius 3 is 2.71 bits per heavy atom. The fraction of sp³-hybridized carbons (Fsp3) is 0.900. The molecule has 0 saturated heterocycles. The molecule has 0 bridgehead atoms. The van der Waals surface area contributed by atoms with Crippen LogP contribution in [0, 0.1) is 11.3 Å². The fourth-order valence-electron chi connectivity index (χ4n) is 1.49. The van der Waals surface area contributed by atoms with Crippen molar-refractivity contribution in [2.75, 3.05) is 20.3 Å². The van der Waals surface area contributed by atoms with Gasteiger partial charge in [0.05, 0.1) is 12.0 Å². The second-order valence-corrected chi connectivity index (χ2v) is 5.16. The Morgan fingerprint density at radius 1 is 1.71 bits per heavy atom. The summed E-state index contributed by atoms with van der Waals surface area (Å²) in [7, 11) is 1.60. The smallest absolute Gasteiger partial charge is 0.223 e. The summed E-state index contributed by atoms with van der Waals surface area (Å²) in [5.41, 5.74) is 0.188. The molecule has 0 radical (unpaired) electrons. The first kappa shape index (κ1) is 11.8. The van der Waals surface area contributed by atoms with Gasteiger partial charge in [-0.05, 0) is 11.8 Å². The minimum atomic E-state index is -0.134. The second-order valence-electron chi connectivity index (χ2n) is 4.54. The van der Waals surface area contributed by atoms with E-state index in [9.17, 15) is 4.79 Å². The van der Waals surface area contributed by atoms with E-state index in [-0.39, 0.29) is 22.6 Å². The number of methoxy groups -OCH3 is 1. The van der Waals surface area contributed by atoms with Gasteiger partial charge in [0.15, 0.2) is 0 Å². The zero-order valence-electron chi connectivity index (χ0n) is 8.97. The third-order valence-corrected chi connectivity index (χ3v) is 2.96. The van der Waals surface area contributed by atoms with Crippen molar-refractivity contribution in [3.05, 3.63) is 0 Å². The molecule has 0 aliphatic heterocycles. The van der Waals surface area contributed by atoms with Crippen molar-refractivity contribution >= 4 is 17.5 Å². The molecule has 3 nitrogen and oxygen atoms in total. The summed E-state index contributed by atoms with van der Waals surface area (Å²) in [5, 5.41) is 2.70. The highest BCUT2D eigenvalue weighted by Gasteiger charge is 2.50. The van der Waals surface area contributed by atoms with Gasteiger partial charge in [-0.25, -0.2) is 0 Å². The van der Waals surface area contributed by atoms with E-state index in [1.807, 2.05) is 0 Å². The van der Waals surface area contributed by atoms with Gasteiger partial charge in [0, 0.05) is 19.6 Å². The zero-order chi connectivity index (χ0) is 10.8. The Hall–Kier alpha value is -0.280. The predicted octanol–water partition coefficient (Wildman–Crippen LogP) is 1.40. The quantitative estimate of drug-likeness (QED) is 0.710. The summed E-state index contributed by atoms with van der Waals surface area (Å²) in [6.45, 7) is 5.16. The van der Waals surface area contributed by atoms with Crippen LogP contribution in [0.5, 0.6) is 0 Å². The minimum Gasteiger partial charge on any atom is -0.383 e. The van der Waals surface area contributed by atoms with E-state index in [0.717, 1.165) is 6.42 Å². The maximum absolute atomic E-state index is 11.5. The van der Waals surface area contributed by atoms with Crippen molar-refractivity contribution in [3.8, 4) is 0 Å². The molecular formula is C10H18ClNO2. The first-order chi connectivity index (χ1) is 6.47. The summed E-state index contributed by atoms with van der Waals surface area (Å²) in [6, 6.07) is 0. The number of nitrogens with one attached hydrogen (secondary N) is 1. The topological polar surface area (TPSA) is 38.3 Å². The van der Waals surface area contributed by atoms with E-state index in [1.54, 1.807) is 7.11 Å². The lowest BCUT2D eigenvalue weighted by Crippen LogP contribution is -2.33. The van der Waals surface area contributed by atoms with Gasteiger partial charge in [0.25, 0.3) is 0 Å². The molecule has 0 aromatic rings. The molecule has 0 aromatic heterocycles.